The van der Waals surface area contributed by atoms with E-state index in [1.54, 1.807) is 0 Å². The van der Waals surface area contributed by atoms with E-state index in [-0.39, 0.29) is 14.8 Å². The van der Waals surface area contributed by atoms with Crippen molar-refractivity contribution in [1.29, 1.82) is 0 Å². The molecule has 0 aromatic rings. The van der Waals surface area contributed by atoms with Gasteiger partial charge in [-0.1, -0.05) is 104 Å². The molecule has 0 aliphatic heterocycles. The van der Waals surface area contributed by atoms with Gasteiger partial charge in [0.1, 0.15) is 0 Å². The van der Waals surface area contributed by atoms with Crippen molar-refractivity contribution in [3.05, 3.63) is 0 Å². The van der Waals surface area contributed by atoms with Gasteiger partial charge < -0.3 is 0 Å². The third kappa shape index (κ3) is 7.49. The van der Waals surface area contributed by atoms with Crippen molar-refractivity contribution in [2.75, 3.05) is 0 Å². The third-order valence-electron chi connectivity index (χ3n) is 8.06. The summed E-state index contributed by atoms with van der Waals surface area (Å²) in [4.78, 5) is 0. The molecule has 0 fully saturated rings. The van der Waals surface area contributed by atoms with Crippen molar-refractivity contribution >= 4 is 0 Å². The minimum Gasteiger partial charge on any atom is -0.0776 e. The molecule has 0 N–H and O–H groups in total. The van der Waals surface area contributed by atoms with Crippen molar-refractivity contribution in [2.45, 2.75) is 104 Å². The average Bonchev–Trinajstić information content (AvgIpc) is 2.69. The Balaban J connectivity index is -0.000000915. The number of hydrogen-bond acceptors (Lipinski definition) is 0. The summed E-state index contributed by atoms with van der Waals surface area (Å²) in [5.41, 5.74) is 0. The lowest BCUT2D eigenvalue weighted by atomic mass is 9.66. The summed E-state index contributed by atoms with van der Waals surface area (Å²) in [6, 6.07) is 0. The summed E-state index contributed by atoms with van der Waals surface area (Å²) in [6.07, 6.45) is 2.62. The van der Waals surface area contributed by atoms with Crippen LogP contribution in [0, 0.1) is 53.3 Å². The standard InChI is InChI=1S/C22H46.2CH4/c1-12-14(3)16(5)18(7)20(9)22(11)21(10)19(8)17(6)15(4)13-2;;/h14-22H,12-13H2,1-11H3;2*1H4/i;2*1T2. The Morgan fingerprint density at radius 3 is 0.833 bits per heavy atom. The quantitative estimate of drug-likeness (QED) is 0.369. The Hall–Kier alpha value is 0. The SMILES string of the molecule is CCC(C)C(C)C(C)C(C)C(C)C(C)C(C)C(C)C(C)CC.[3H]C[3H].[3H]C[3H]. The first-order chi connectivity index (χ1) is 12.9. The van der Waals surface area contributed by atoms with E-state index >= 15 is 0 Å². The van der Waals surface area contributed by atoms with Crippen LogP contribution in [-0.2, 0) is 0 Å². The predicted molar refractivity (Wildman–Crippen MR) is 117 cm³/mol. The van der Waals surface area contributed by atoms with Gasteiger partial charge in [0.15, 0.2) is 0 Å². The summed E-state index contributed by atoms with van der Waals surface area (Å²) in [6.45, 7) is 27.0. The monoisotopic (exact) mass is 350 g/mol. The van der Waals surface area contributed by atoms with Crippen LogP contribution in [0.3, 0.4) is 0 Å². The van der Waals surface area contributed by atoms with Crippen LogP contribution < -0.4 is 0 Å². The largest absolute Gasteiger partial charge is 0.0776 e. The second-order valence-corrected chi connectivity index (χ2v) is 8.78. The molecule has 0 aliphatic carbocycles. The summed E-state index contributed by atoms with van der Waals surface area (Å²) in [7, 11) is -0.500. The van der Waals surface area contributed by atoms with Gasteiger partial charge in [-0.15, -0.1) is 0 Å². The maximum absolute atomic E-state index is 5.88. The number of hydrogen-bond donors (Lipinski definition) is 0. The van der Waals surface area contributed by atoms with Gasteiger partial charge >= 0.3 is 0 Å². The van der Waals surface area contributed by atoms with Crippen LogP contribution in [0.4, 0.5) is 0 Å². The molecule has 8 atom stereocenters. The smallest absolute Gasteiger partial charge is 0.0194 e. The van der Waals surface area contributed by atoms with E-state index < -0.39 is 0 Å². The second kappa shape index (κ2) is 13.2. The van der Waals surface area contributed by atoms with Gasteiger partial charge in [-0.3, -0.25) is 0 Å². The van der Waals surface area contributed by atoms with Crippen LogP contribution in [-0.4, -0.2) is 0 Å². The van der Waals surface area contributed by atoms with Crippen molar-refractivity contribution < 1.29 is 5.48 Å². The van der Waals surface area contributed by atoms with Crippen LogP contribution in [0.2, 0.25) is 0 Å². The van der Waals surface area contributed by atoms with Gasteiger partial charge in [-0.2, -0.15) is 0 Å². The fourth-order valence-electron chi connectivity index (χ4n) is 4.17. The van der Waals surface area contributed by atoms with Crippen molar-refractivity contribution in [2.24, 2.45) is 53.3 Å². The molecule has 0 amide bonds. The van der Waals surface area contributed by atoms with Crippen molar-refractivity contribution in [3.63, 3.8) is 0 Å². The Bertz CT molecular complexity index is 294. The molecular formula is C24H54. The van der Waals surface area contributed by atoms with Gasteiger partial charge in [0.25, 0.3) is 0 Å². The molecule has 0 saturated heterocycles. The van der Waals surface area contributed by atoms with Gasteiger partial charge in [-0.05, 0) is 53.3 Å². The first-order valence-electron chi connectivity index (χ1n) is 12.9. The fourth-order valence-corrected chi connectivity index (χ4v) is 4.17. The molecule has 0 aliphatic rings. The topological polar surface area (TPSA) is 0 Å². The molecule has 0 nitrogen and oxygen atoms in total. The van der Waals surface area contributed by atoms with E-state index in [1.165, 1.54) is 12.8 Å². The van der Waals surface area contributed by atoms with Crippen LogP contribution in [0.5, 0.6) is 0 Å². The molecule has 150 valence electrons. The zero-order chi connectivity index (χ0) is 23.0. The molecule has 0 heterocycles. The number of rotatable bonds is 10. The zero-order valence-electron chi connectivity index (χ0n) is 23.0. The molecule has 0 saturated carbocycles. The first-order valence-corrected chi connectivity index (χ1v) is 10.1. The Labute approximate surface area is 163 Å². The molecule has 24 heavy (non-hydrogen) atoms. The normalized spacial score (nSPS) is 24.3. The lowest BCUT2D eigenvalue weighted by molar-refractivity contribution is 0.0898. The van der Waals surface area contributed by atoms with Gasteiger partial charge in [-0.25, -0.2) is 0 Å². The highest BCUT2D eigenvalue weighted by atomic mass is 14.4. The van der Waals surface area contributed by atoms with E-state index in [4.69, 9.17) is 5.48 Å². The molecule has 0 aromatic heterocycles. The summed E-state index contributed by atoms with van der Waals surface area (Å²) >= 11 is 0. The molecule has 0 spiro atoms. The van der Waals surface area contributed by atoms with E-state index in [2.05, 4.69) is 76.2 Å². The van der Waals surface area contributed by atoms with Gasteiger partial charge in [0.05, 0.1) is 0 Å². The molecule has 0 rings (SSSR count). The van der Waals surface area contributed by atoms with E-state index in [0.717, 1.165) is 53.3 Å². The molecule has 0 bridgehead atoms. The van der Waals surface area contributed by atoms with Crippen molar-refractivity contribution in [3.8, 4) is 0 Å². The van der Waals surface area contributed by atoms with Gasteiger partial charge in [0, 0.05) is 5.48 Å². The van der Waals surface area contributed by atoms with Crippen LogP contribution in [0.1, 0.15) is 109 Å². The zero-order valence-corrected chi connectivity index (χ0v) is 19.0. The Morgan fingerprint density at radius 2 is 0.667 bits per heavy atom. The maximum atomic E-state index is 5.88. The summed E-state index contributed by atoms with van der Waals surface area (Å²) in [5.74, 6) is 7.41. The molecule has 0 radical (unpaired) electrons. The third-order valence-corrected chi connectivity index (χ3v) is 8.06. The lowest BCUT2D eigenvalue weighted by Gasteiger charge is -2.40. The van der Waals surface area contributed by atoms with Crippen LogP contribution in [0.25, 0.3) is 0 Å². The molecule has 0 aromatic carbocycles. The summed E-state index contributed by atoms with van der Waals surface area (Å²) in [5, 5.41) is 0. The predicted octanol–water partition coefficient (Wildman–Crippen LogP) is 8.80. The van der Waals surface area contributed by atoms with E-state index in [9.17, 15) is 0 Å². The van der Waals surface area contributed by atoms with Gasteiger partial charge in [0.2, 0.25) is 0 Å². The maximum Gasteiger partial charge on any atom is 0.0194 e. The van der Waals surface area contributed by atoms with Crippen LogP contribution >= 0.6 is 0 Å². The first kappa shape index (κ1) is 20.3. The highest BCUT2D eigenvalue weighted by Crippen LogP contribution is 2.40. The molecule has 8 unspecified atom stereocenters. The Kier molecular flexibility index (Phi) is 11.2. The van der Waals surface area contributed by atoms with E-state index in [0.29, 0.717) is 0 Å². The van der Waals surface area contributed by atoms with Crippen molar-refractivity contribution in [1.82, 2.24) is 0 Å². The summed E-state index contributed by atoms with van der Waals surface area (Å²) < 4.78 is 23.5. The molecular weight excluding hydrogens is 288 g/mol. The van der Waals surface area contributed by atoms with Crippen LogP contribution in [0.15, 0.2) is 0 Å². The second-order valence-electron chi connectivity index (χ2n) is 8.78. The highest BCUT2D eigenvalue weighted by molar-refractivity contribution is 4.82. The highest BCUT2D eigenvalue weighted by Gasteiger charge is 2.33. The molecule has 0 heteroatoms. The average molecular weight is 351 g/mol. The minimum atomic E-state index is -0.250. The minimum absolute atomic E-state index is 0.250. The van der Waals surface area contributed by atoms with E-state index in [1.807, 2.05) is 0 Å². The Morgan fingerprint density at radius 1 is 0.500 bits per heavy atom. The fraction of sp³-hybridized carbons (Fsp3) is 1.00. The lowest BCUT2D eigenvalue weighted by Crippen LogP contribution is -2.33.